The smallest absolute Gasteiger partial charge is 0.183 e. The van der Waals surface area contributed by atoms with Gasteiger partial charge in [0, 0.05) is 18.1 Å². The Balaban J connectivity index is 2.10. The van der Waals surface area contributed by atoms with Gasteiger partial charge in [-0.25, -0.2) is 8.42 Å². The molecule has 0 radical (unpaired) electrons. The first kappa shape index (κ1) is 17.0. The third-order valence-electron chi connectivity index (χ3n) is 4.46. The van der Waals surface area contributed by atoms with Gasteiger partial charge in [0.05, 0.1) is 22.8 Å². The summed E-state index contributed by atoms with van der Waals surface area (Å²) >= 11 is 6.05. The van der Waals surface area contributed by atoms with Crippen molar-refractivity contribution in [2.75, 3.05) is 13.7 Å². The van der Waals surface area contributed by atoms with Crippen molar-refractivity contribution in [3.8, 4) is 6.07 Å². The lowest BCUT2D eigenvalue weighted by Crippen LogP contribution is -2.19. The molecule has 0 heterocycles. The third-order valence-corrected chi connectivity index (χ3v) is 6.99. The fraction of sp³-hybridized carbons (Fsp3) is 0.278. The lowest BCUT2D eigenvalue weighted by Gasteiger charge is -2.08. The van der Waals surface area contributed by atoms with E-state index in [-0.39, 0.29) is 11.5 Å². The number of nitriles is 1. The van der Waals surface area contributed by atoms with Crippen molar-refractivity contribution in [2.45, 2.75) is 16.1 Å². The molecule has 3 atom stereocenters. The molecule has 2 aromatic carbocycles. The van der Waals surface area contributed by atoms with E-state index in [0.29, 0.717) is 5.02 Å². The summed E-state index contributed by atoms with van der Waals surface area (Å²) in [6.45, 7) is 0.0530. The highest BCUT2D eigenvalue weighted by Gasteiger charge is 2.72. The molecule has 3 unspecified atom stereocenters. The lowest BCUT2D eigenvalue weighted by molar-refractivity contribution is 0.162. The van der Waals surface area contributed by atoms with Crippen molar-refractivity contribution < 1.29 is 13.2 Å². The molecule has 6 heteroatoms. The molecular formula is C18H16ClNO3S. The Morgan fingerprint density at radius 3 is 2.50 bits per heavy atom. The van der Waals surface area contributed by atoms with E-state index in [9.17, 15) is 13.7 Å². The average Bonchev–Trinajstić information content (AvgIpc) is 3.26. The molecule has 1 aliphatic carbocycles. The van der Waals surface area contributed by atoms with Crippen molar-refractivity contribution in [1.29, 1.82) is 5.26 Å². The monoisotopic (exact) mass is 361 g/mol. The molecule has 0 saturated heterocycles. The van der Waals surface area contributed by atoms with Crippen molar-refractivity contribution in [3.63, 3.8) is 0 Å². The van der Waals surface area contributed by atoms with Crippen LogP contribution in [-0.4, -0.2) is 27.4 Å². The van der Waals surface area contributed by atoms with E-state index < -0.39 is 26.4 Å². The number of methoxy groups -OCH3 is 1. The molecule has 1 fully saturated rings. The Kier molecular flexibility index (Phi) is 4.39. The molecule has 0 aliphatic heterocycles. The van der Waals surface area contributed by atoms with Gasteiger partial charge in [-0.3, -0.25) is 0 Å². The van der Waals surface area contributed by atoms with Crippen LogP contribution < -0.4 is 0 Å². The highest BCUT2D eigenvalue weighted by atomic mass is 35.5. The maximum absolute atomic E-state index is 13.1. The SMILES string of the molecule is COCC1(C#N)C(c2cccc(Cl)c2)C1S(=O)(=O)c1ccccc1. The van der Waals surface area contributed by atoms with Crippen LogP contribution in [0.5, 0.6) is 0 Å². The first-order valence-electron chi connectivity index (χ1n) is 7.42. The van der Waals surface area contributed by atoms with Gasteiger partial charge in [-0.1, -0.05) is 41.9 Å². The highest BCUT2D eigenvalue weighted by Crippen LogP contribution is 2.64. The summed E-state index contributed by atoms with van der Waals surface area (Å²) in [6, 6.07) is 17.4. The minimum absolute atomic E-state index is 0.0530. The second-order valence-electron chi connectivity index (χ2n) is 5.90. The number of benzene rings is 2. The fourth-order valence-electron chi connectivity index (χ4n) is 3.37. The fourth-order valence-corrected chi connectivity index (χ4v) is 5.90. The van der Waals surface area contributed by atoms with Gasteiger partial charge in [0.15, 0.2) is 9.84 Å². The molecule has 24 heavy (non-hydrogen) atoms. The molecule has 0 spiro atoms. The molecule has 4 nitrogen and oxygen atoms in total. The highest BCUT2D eigenvalue weighted by molar-refractivity contribution is 7.92. The van der Waals surface area contributed by atoms with Gasteiger partial charge in [-0.05, 0) is 29.8 Å². The van der Waals surface area contributed by atoms with Crippen LogP contribution in [0.15, 0.2) is 59.5 Å². The Morgan fingerprint density at radius 2 is 1.92 bits per heavy atom. The number of hydrogen-bond acceptors (Lipinski definition) is 4. The van der Waals surface area contributed by atoms with Crippen LogP contribution in [0.4, 0.5) is 0 Å². The number of rotatable bonds is 5. The van der Waals surface area contributed by atoms with Gasteiger partial charge in [0.1, 0.15) is 5.41 Å². The second-order valence-corrected chi connectivity index (χ2v) is 8.40. The van der Waals surface area contributed by atoms with Crippen molar-refractivity contribution in [2.24, 2.45) is 5.41 Å². The zero-order valence-electron chi connectivity index (χ0n) is 13.0. The summed E-state index contributed by atoms with van der Waals surface area (Å²) in [5.41, 5.74) is -0.362. The standard InChI is InChI=1S/C18H16ClNO3S/c1-23-12-18(11-20)16(13-6-5-7-14(19)10-13)17(18)24(21,22)15-8-3-2-4-9-15/h2-10,16-17H,12H2,1H3. The van der Waals surface area contributed by atoms with Gasteiger partial charge in [-0.15, -0.1) is 0 Å². The molecular weight excluding hydrogens is 346 g/mol. The van der Waals surface area contributed by atoms with E-state index in [4.69, 9.17) is 16.3 Å². The number of nitrogens with zero attached hydrogens (tertiary/aromatic N) is 1. The summed E-state index contributed by atoms with van der Waals surface area (Å²) in [5.74, 6) is -0.466. The van der Waals surface area contributed by atoms with Crippen LogP contribution in [0.2, 0.25) is 5.02 Å². The number of halogens is 1. The van der Waals surface area contributed by atoms with E-state index in [0.717, 1.165) is 5.56 Å². The largest absolute Gasteiger partial charge is 0.383 e. The molecule has 0 N–H and O–H groups in total. The Hall–Kier alpha value is -1.87. The second kappa shape index (κ2) is 6.21. The Morgan fingerprint density at radius 1 is 1.21 bits per heavy atom. The first-order chi connectivity index (χ1) is 11.5. The van der Waals surface area contributed by atoms with E-state index in [1.807, 2.05) is 0 Å². The number of ether oxygens (including phenoxy) is 1. The van der Waals surface area contributed by atoms with Crippen LogP contribution in [-0.2, 0) is 14.6 Å². The zero-order chi connectivity index (χ0) is 17.4. The predicted octanol–water partition coefficient (Wildman–Crippen LogP) is 3.44. The van der Waals surface area contributed by atoms with Crippen molar-refractivity contribution >= 4 is 21.4 Å². The number of sulfone groups is 1. The van der Waals surface area contributed by atoms with E-state index in [1.165, 1.54) is 7.11 Å². The van der Waals surface area contributed by atoms with Crippen LogP contribution in [0, 0.1) is 16.7 Å². The van der Waals surface area contributed by atoms with E-state index >= 15 is 0 Å². The van der Waals surface area contributed by atoms with Crippen LogP contribution in [0.25, 0.3) is 0 Å². The van der Waals surface area contributed by atoms with Crippen LogP contribution in [0.1, 0.15) is 11.5 Å². The lowest BCUT2D eigenvalue weighted by atomic mass is 10.0. The van der Waals surface area contributed by atoms with E-state index in [1.54, 1.807) is 54.6 Å². The van der Waals surface area contributed by atoms with Crippen LogP contribution >= 0.6 is 11.6 Å². The first-order valence-corrected chi connectivity index (χ1v) is 9.34. The molecule has 124 valence electrons. The molecule has 0 amide bonds. The van der Waals surface area contributed by atoms with Crippen LogP contribution in [0.3, 0.4) is 0 Å². The summed E-state index contributed by atoms with van der Waals surface area (Å²) in [4.78, 5) is 0.218. The van der Waals surface area contributed by atoms with Crippen molar-refractivity contribution in [3.05, 3.63) is 65.2 Å². The molecule has 0 aromatic heterocycles. The molecule has 0 bridgehead atoms. The third kappa shape index (κ3) is 2.61. The number of hydrogen-bond donors (Lipinski definition) is 0. The molecule has 1 aliphatic rings. The minimum atomic E-state index is -3.66. The van der Waals surface area contributed by atoms with Gasteiger partial charge < -0.3 is 4.74 Å². The zero-order valence-corrected chi connectivity index (χ0v) is 14.6. The predicted molar refractivity (Wildman–Crippen MR) is 91.5 cm³/mol. The molecule has 1 saturated carbocycles. The maximum Gasteiger partial charge on any atom is 0.183 e. The van der Waals surface area contributed by atoms with Crippen molar-refractivity contribution in [1.82, 2.24) is 0 Å². The minimum Gasteiger partial charge on any atom is -0.383 e. The van der Waals surface area contributed by atoms with Gasteiger partial charge in [0.25, 0.3) is 0 Å². The molecule has 3 rings (SSSR count). The van der Waals surface area contributed by atoms with Gasteiger partial charge in [0.2, 0.25) is 0 Å². The average molecular weight is 362 g/mol. The Labute approximate surface area is 146 Å². The molecule has 2 aromatic rings. The normalized spacial score (nSPS) is 25.9. The Bertz CT molecular complexity index is 892. The van der Waals surface area contributed by atoms with E-state index in [2.05, 4.69) is 6.07 Å². The topological polar surface area (TPSA) is 67.2 Å². The summed E-state index contributed by atoms with van der Waals surface area (Å²) in [6.07, 6.45) is 0. The van der Waals surface area contributed by atoms with Gasteiger partial charge in [-0.2, -0.15) is 5.26 Å². The van der Waals surface area contributed by atoms with Gasteiger partial charge >= 0.3 is 0 Å². The summed E-state index contributed by atoms with van der Waals surface area (Å²) in [5, 5.41) is 9.40. The summed E-state index contributed by atoms with van der Waals surface area (Å²) in [7, 11) is -2.19. The quantitative estimate of drug-likeness (QED) is 0.818. The summed E-state index contributed by atoms with van der Waals surface area (Å²) < 4.78 is 31.3. The maximum atomic E-state index is 13.1.